The summed E-state index contributed by atoms with van der Waals surface area (Å²) in [6.07, 6.45) is 8.45. The van der Waals surface area contributed by atoms with E-state index in [1.165, 1.54) is 148 Å². The molecule has 0 saturated carbocycles. The second-order valence-electron chi connectivity index (χ2n) is 33.7. The summed E-state index contributed by atoms with van der Waals surface area (Å²) < 4.78 is 7.62. The molecule has 3 aliphatic carbocycles. The summed E-state index contributed by atoms with van der Waals surface area (Å²) in [7, 11) is -2.68. The van der Waals surface area contributed by atoms with Crippen LogP contribution in [0.3, 0.4) is 0 Å². The molecule has 17 aromatic carbocycles. The minimum atomic E-state index is -2.68. The van der Waals surface area contributed by atoms with Crippen molar-refractivity contribution in [2.75, 3.05) is 0 Å². The third kappa shape index (κ3) is 14.0. The smallest absolute Gasteiger partial charge is 0.179 e. The van der Waals surface area contributed by atoms with Gasteiger partial charge < -0.3 is 0 Å². The lowest BCUT2D eigenvalue weighted by molar-refractivity contribution is 0.945. The molecule has 0 N–H and O–H groups in total. The number of fused-ring (bicyclic) bond motifs is 21. The fraction of sp³-hybridized carbons (Fsp3) is 0.0504. The summed E-state index contributed by atoms with van der Waals surface area (Å²) in [5.41, 5.74) is 28.2. The van der Waals surface area contributed by atoms with Crippen molar-refractivity contribution in [3.05, 3.63) is 452 Å². The molecule has 6 heterocycles. The molecule has 0 amide bonds. The fourth-order valence-electron chi connectivity index (χ4n) is 20.3. The van der Waals surface area contributed by atoms with Crippen LogP contribution in [0, 0.1) is 0 Å². The summed E-state index contributed by atoms with van der Waals surface area (Å²) in [6, 6.07) is 148. The molecule has 0 radical (unpaired) electrons. The first-order valence-corrected chi connectivity index (χ1v) is 49.1. The summed E-state index contributed by atoms with van der Waals surface area (Å²) in [5.74, 6) is 3.59. The highest BCUT2D eigenvalue weighted by Gasteiger charge is 2.42. The van der Waals surface area contributed by atoms with Crippen LogP contribution in [-0.2, 0) is 38.5 Å². The maximum atomic E-state index is 5.31. The molecule has 23 aromatic rings. The number of nitrogens with zero attached hydrogens (tertiary/aromatic N) is 7. The predicted molar refractivity (Wildman–Crippen MR) is 548 cm³/mol. The van der Waals surface area contributed by atoms with E-state index in [1.54, 1.807) is 0 Å². The first kappa shape index (κ1) is 78.3. The Balaban J connectivity index is 0.000000110. The Morgan fingerprint density at radius 3 is 0.900 bits per heavy atom. The van der Waals surface area contributed by atoms with E-state index < -0.39 is 8.07 Å². The Labute approximate surface area is 766 Å². The highest BCUT2D eigenvalue weighted by Crippen LogP contribution is 2.52. The predicted octanol–water partition coefficient (Wildman–Crippen LogP) is 27.9. The van der Waals surface area contributed by atoms with Crippen molar-refractivity contribution >= 4 is 123 Å². The Morgan fingerprint density at radius 1 is 0.200 bits per heavy atom. The van der Waals surface area contributed by atoms with Gasteiger partial charge in [-0.15, -0.1) is 34.0 Å². The van der Waals surface area contributed by atoms with Crippen LogP contribution in [-0.4, -0.2) is 43.0 Å². The van der Waals surface area contributed by atoms with Crippen molar-refractivity contribution in [3.8, 4) is 124 Å². The van der Waals surface area contributed by atoms with Crippen LogP contribution >= 0.6 is 34.0 Å². The van der Waals surface area contributed by atoms with E-state index in [4.69, 9.17) is 34.9 Å². The third-order valence-corrected chi connectivity index (χ3v) is 34.6. The molecule has 26 rings (SSSR count). The summed E-state index contributed by atoms with van der Waals surface area (Å²) >= 11 is 5.54. The van der Waals surface area contributed by atoms with Gasteiger partial charge in [-0.1, -0.05) is 364 Å². The SMILES string of the molecule is c1ccc(-c2cc(-c3ccccc3)nc(-c3cccc4c3sc3ccc5c(c34)-c3ccccc3CC5)n2)cc1.c1ccc(-c2nc(-c3ccccc3)nc(-c3cccc4c3sc3ccc5c(c34)-c3ccccc3CC5)n2)cc1.c1ccc([Si](c2ccccc2)(c2ccccc2)c2cccc(-c3ccnc(-c4cccc5c4sc4ccc6c(c45)-c4ccccc4CC6)n3)c2)cc1. The van der Waals surface area contributed by atoms with Crippen molar-refractivity contribution in [1.29, 1.82) is 0 Å². The van der Waals surface area contributed by atoms with Gasteiger partial charge in [0, 0.05) is 111 Å². The second kappa shape index (κ2) is 33.5. The van der Waals surface area contributed by atoms with Gasteiger partial charge in [0.05, 0.1) is 17.1 Å². The molecule has 0 unspecified atom stereocenters. The van der Waals surface area contributed by atoms with Crippen molar-refractivity contribution < 1.29 is 0 Å². The molecule has 0 aliphatic heterocycles. The van der Waals surface area contributed by atoms with Crippen LogP contribution in [0.4, 0.5) is 0 Å². The lowest BCUT2D eigenvalue weighted by Crippen LogP contribution is -2.74. The molecule has 6 aromatic heterocycles. The van der Waals surface area contributed by atoms with Gasteiger partial charge in [-0.25, -0.2) is 34.9 Å². The van der Waals surface area contributed by atoms with Gasteiger partial charge in [-0.2, -0.15) is 0 Å². The molecule has 614 valence electrons. The van der Waals surface area contributed by atoms with Gasteiger partial charge >= 0.3 is 0 Å². The van der Waals surface area contributed by atoms with E-state index in [9.17, 15) is 0 Å². The van der Waals surface area contributed by atoms with Gasteiger partial charge in [0.25, 0.3) is 0 Å². The van der Waals surface area contributed by atoms with Crippen molar-refractivity contribution in [3.63, 3.8) is 0 Å². The first-order valence-electron chi connectivity index (χ1n) is 44.6. The van der Waals surface area contributed by atoms with E-state index >= 15 is 0 Å². The second-order valence-corrected chi connectivity index (χ2v) is 40.6. The summed E-state index contributed by atoms with van der Waals surface area (Å²) in [4.78, 5) is 35.4. The van der Waals surface area contributed by atoms with Crippen molar-refractivity contribution in [2.45, 2.75) is 38.5 Å². The summed E-state index contributed by atoms with van der Waals surface area (Å²) in [6.45, 7) is 0. The Bertz CT molecular complexity index is 7780. The minimum absolute atomic E-state index is 0.684. The number of hydrogen-bond acceptors (Lipinski definition) is 10. The van der Waals surface area contributed by atoms with Crippen molar-refractivity contribution in [2.24, 2.45) is 0 Å². The topological polar surface area (TPSA) is 90.2 Å². The van der Waals surface area contributed by atoms with E-state index in [0.29, 0.717) is 17.5 Å². The maximum Gasteiger partial charge on any atom is 0.179 e. The molecule has 0 spiro atoms. The number of benzene rings is 17. The quantitative estimate of drug-likeness (QED) is 0.0889. The van der Waals surface area contributed by atoms with E-state index in [0.717, 1.165) is 112 Å². The van der Waals surface area contributed by atoms with Crippen LogP contribution in [0.15, 0.2) is 419 Å². The number of rotatable bonds is 12. The zero-order valence-electron chi connectivity index (χ0n) is 70.9. The number of thiophene rings is 3. The maximum absolute atomic E-state index is 5.31. The monoisotopic (exact) mass is 1730 g/mol. The van der Waals surface area contributed by atoms with Crippen LogP contribution in [0.25, 0.3) is 185 Å². The van der Waals surface area contributed by atoms with Gasteiger partial charge in [0.15, 0.2) is 37.2 Å². The molecule has 0 atom stereocenters. The van der Waals surface area contributed by atoms with Crippen LogP contribution in [0.1, 0.15) is 33.4 Å². The van der Waals surface area contributed by atoms with Gasteiger partial charge in [-0.05, 0) is 175 Å². The molecule has 3 aliphatic rings. The zero-order valence-corrected chi connectivity index (χ0v) is 74.4. The average Bonchev–Trinajstić information content (AvgIpc) is 1.36. The molecule has 0 fully saturated rings. The molecule has 7 nitrogen and oxygen atoms in total. The van der Waals surface area contributed by atoms with Crippen LogP contribution < -0.4 is 20.7 Å². The first-order chi connectivity index (χ1) is 64.4. The third-order valence-electron chi connectivity index (χ3n) is 26.3. The minimum Gasteiger partial charge on any atom is -0.236 e. The lowest BCUT2D eigenvalue weighted by Gasteiger charge is -2.34. The van der Waals surface area contributed by atoms with E-state index in [2.05, 4.69) is 364 Å². The Morgan fingerprint density at radius 2 is 0.500 bits per heavy atom. The van der Waals surface area contributed by atoms with Crippen LogP contribution in [0.5, 0.6) is 0 Å². The molecule has 0 saturated heterocycles. The summed E-state index contributed by atoms with van der Waals surface area (Å²) in [5, 5.41) is 13.3. The van der Waals surface area contributed by atoms with E-state index in [1.807, 2.05) is 88.7 Å². The van der Waals surface area contributed by atoms with Gasteiger partial charge in [0.1, 0.15) is 0 Å². The van der Waals surface area contributed by atoms with Gasteiger partial charge in [0.2, 0.25) is 0 Å². The number of aromatic nitrogens is 7. The molecular weight excluding hydrogens is 1650 g/mol. The van der Waals surface area contributed by atoms with Crippen molar-refractivity contribution in [1.82, 2.24) is 34.9 Å². The number of aryl methyl sites for hydroxylation is 6. The molecule has 11 heteroatoms. The fourth-order valence-corrected chi connectivity index (χ4v) is 28.7. The lowest BCUT2D eigenvalue weighted by atomic mass is 9.83. The highest BCUT2D eigenvalue weighted by atomic mass is 32.1. The Hall–Kier alpha value is -15.2. The zero-order chi connectivity index (χ0) is 86.0. The molecular formula is C119H81N7S3Si. The molecule has 0 bridgehead atoms. The standard InChI is InChI=1S/C48H34N2SSi.C36H24N2S.C35H23N3S/c1-4-16-36(17-5-1)52(37-18-6-2-7-19-37,38-20-8-3-9-21-38)39-22-12-15-35(32-39)43-30-31-49-48(50-43)42-25-13-24-41-46-44(51-47(41)42)29-28-34-27-26-33-14-10-11-23-40(33)45(34)46;1-3-11-24(12-4-1)30-22-31(25-13-5-2-6-14-25)38-36(37-30)29-17-9-16-28-34-32(39-35(28)29)21-20-26-19-18-23-10-7-8-15-27(23)33(26)34;1-3-11-24(12-4-1)33-36-34(25-13-5-2-6-14-25)38-35(37-33)28-17-9-16-27-31-29(39-32(27)28)21-20-23-19-18-22-10-7-8-15-26(22)30(23)31/h1-25,28-32H,26-27H2;1-17,20-22H,18-19H2;1-17,20-21H,18-19H2. The highest BCUT2D eigenvalue weighted by molar-refractivity contribution is 7.27. The number of hydrogen-bond donors (Lipinski definition) is 0. The van der Waals surface area contributed by atoms with Crippen LogP contribution in [0.2, 0.25) is 0 Å². The normalized spacial score (nSPS) is 12.4. The largest absolute Gasteiger partial charge is 0.236 e. The van der Waals surface area contributed by atoms with Gasteiger partial charge in [-0.3, -0.25) is 0 Å². The molecule has 130 heavy (non-hydrogen) atoms. The van der Waals surface area contributed by atoms with E-state index in [-0.39, 0.29) is 0 Å². The average molecular weight is 1730 g/mol. The Kier molecular flexibility index (Phi) is 20.2.